The molecule has 1 saturated heterocycles. The first-order valence-corrected chi connectivity index (χ1v) is 9.87. The fraction of sp³-hybridized carbons (Fsp3) is 0.895. The Bertz CT molecular complexity index is 534. The zero-order valence-electron chi connectivity index (χ0n) is 14.8. The molecule has 5 nitrogen and oxygen atoms in total. The zero-order chi connectivity index (χ0) is 16.6. The highest BCUT2D eigenvalue weighted by Gasteiger charge is 2.65. The van der Waals surface area contributed by atoms with Crippen LogP contribution in [0.1, 0.15) is 58.3 Å². The van der Waals surface area contributed by atoms with Gasteiger partial charge < -0.3 is 15.4 Å². The van der Waals surface area contributed by atoms with E-state index in [1.54, 1.807) is 0 Å². The van der Waals surface area contributed by atoms with Gasteiger partial charge in [0.05, 0.1) is 18.1 Å². The molecule has 0 aromatic carbocycles. The molecule has 1 aliphatic heterocycles. The highest BCUT2D eigenvalue weighted by Crippen LogP contribution is 2.60. The molecule has 0 aromatic rings. The molecule has 4 aliphatic rings. The summed E-state index contributed by atoms with van der Waals surface area (Å²) in [7, 11) is 0. The summed E-state index contributed by atoms with van der Waals surface area (Å²) in [6.45, 7) is 3.76. The van der Waals surface area contributed by atoms with Gasteiger partial charge in [-0.1, -0.05) is 12.8 Å². The van der Waals surface area contributed by atoms with Crippen LogP contribution in [0, 0.1) is 28.6 Å². The van der Waals surface area contributed by atoms with Crippen LogP contribution >= 0.6 is 0 Å². The van der Waals surface area contributed by atoms with Gasteiger partial charge in [-0.05, 0) is 45.4 Å². The number of ether oxygens (including phenoxy) is 1. The van der Waals surface area contributed by atoms with Crippen LogP contribution < -0.4 is 10.6 Å². The molecule has 3 aliphatic carbocycles. The molecule has 5 heteroatoms. The number of hydrogen-bond donors (Lipinski definition) is 2. The van der Waals surface area contributed by atoms with E-state index in [4.69, 9.17) is 9.73 Å². The monoisotopic (exact) mass is 330 g/mol. The summed E-state index contributed by atoms with van der Waals surface area (Å²) in [6.07, 6.45) is 10.1. The number of hydrogen-bond acceptors (Lipinski definition) is 3. The van der Waals surface area contributed by atoms with Gasteiger partial charge in [-0.2, -0.15) is 5.26 Å². The Kier molecular flexibility index (Phi) is 4.42. The molecule has 1 spiro atoms. The average molecular weight is 330 g/mol. The summed E-state index contributed by atoms with van der Waals surface area (Å²) < 4.78 is 6.09. The zero-order valence-corrected chi connectivity index (χ0v) is 14.8. The average Bonchev–Trinajstić information content (AvgIpc) is 3.31. The van der Waals surface area contributed by atoms with Crippen LogP contribution in [0.5, 0.6) is 0 Å². The number of nitriles is 1. The van der Waals surface area contributed by atoms with Crippen LogP contribution in [-0.4, -0.2) is 37.3 Å². The van der Waals surface area contributed by atoms with E-state index in [2.05, 4.69) is 23.6 Å². The summed E-state index contributed by atoms with van der Waals surface area (Å²) in [5.74, 6) is 1.69. The van der Waals surface area contributed by atoms with Crippen LogP contribution in [0.4, 0.5) is 0 Å². The van der Waals surface area contributed by atoms with E-state index < -0.39 is 0 Å². The molecule has 0 bridgehead atoms. The largest absolute Gasteiger partial charge is 0.377 e. The van der Waals surface area contributed by atoms with Crippen molar-refractivity contribution in [2.24, 2.45) is 22.2 Å². The highest BCUT2D eigenvalue weighted by atomic mass is 16.5. The Morgan fingerprint density at radius 2 is 2.04 bits per heavy atom. The van der Waals surface area contributed by atoms with Crippen molar-refractivity contribution in [3.63, 3.8) is 0 Å². The van der Waals surface area contributed by atoms with E-state index >= 15 is 0 Å². The molecule has 132 valence electrons. The number of fused-ring (bicyclic) bond motifs is 2. The van der Waals surface area contributed by atoms with Gasteiger partial charge in [-0.3, -0.25) is 4.99 Å². The van der Waals surface area contributed by atoms with E-state index in [0.717, 1.165) is 38.4 Å². The molecular formula is C19H30N4O. The van der Waals surface area contributed by atoms with E-state index in [1.807, 2.05) is 0 Å². The van der Waals surface area contributed by atoms with Crippen molar-refractivity contribution in [1.29, 1.82) is 5.26 Å². The Hall–Kier alpha value is -1.28. The lowest BCUT2D eigenvalue weighted by atomic mass is 9.54. The number of rotatable bonds is 3. The van der Waals surface area contributed by atoms with Crippen molar-refractivity contribution in [2.45, 2.75) is 76.5 Å². The Labute approximate surface area is 145 Å². The van der Waals surface area contributed by atoms with Crippen molar-refractivity contribution in [3.8, 4) is 6.07 Å². The maximum Gasteiger partial charge on any atom is 0.191 e. The fourth-order valence-electron chi connectivity index (χ4n) is 5.81. The minimum atomic E-state index is 0.123. The first-order chi connectivity index (χ1) is 11.8. The Morgan fingerprint density at radius 1 is 1.21 bits per heavy atom. The maximum absolute atomic E-state index is 9.34. The van der Waals surface area contributed by atoms with E-state index in [-0.39, 0.29) is 12.0 Å². The van der Waals surface area contributed by atoms with Crippen molar-refractivity contribution < 1.29 is 4.74 Å². The first kappa shape index (κ1) is 16.2. The summed E-state index contributed by atoms with van der Waals surface area (Å²) in [5, 5.41) is 16.7. The van der Waals surface area contributed by atoms with Gasteiger partial charge in [-0.25, -0.2) is 0 Å². The third kappa shape index (κ3) is 2.50. The smallest absolute Gasteiger partial charge is 0.191 e. The molecule has 0 aromatic heterocycles. The topological polar surface area (TPSA) is 69.4 Å². The van der Waals surface area contributed by atoms with Crippen LogP contribution in [0.2, 0.25) is 0 Å². The van der Waals surface area contributed by atoms with Crippen molar-refractivity contribution >= 4 is 5.96 Å². The van der Waals surface area contributed by atoms with E-state index in [9.17, 15) is 5.26 Å². The van der Waals surface area contributed by atoms with Gasteiger partial charge in [0.2, 0.25) is 0 Å². The number of nitrogens with zero attached hydrogens (tertiary/aromatic N) is 2. The van der Waals surface area contributed by atoms with Crippen LogP contribution in [0.3, 0.4) is 0 Å². The second kappa shape index (κ2) is 6.55. The molecule has 0 amide bonds. The predicted octanol–water partition coefficient (Wildman–Crippen LogP) is 2.58. The third-order valence-electron chi connectivity index (χ3n) is 6.90. The van der Waals surface area contributed by atoms with Gasteiger partial charge in [0, 0.05) is 36.6 Å². The van der Waals surface area contributed by atoms with Gasteiger partial charge >= 0.3 is 0 Å². The quantitative estimate of drug-likeness (QED) is 0.616. The fourth-order valence-corrected chi connectivity index (χ4v) is 5.81. The molecule has 24 heavy (non-hydrogen) atoms. The number of guanidine groups is 1. The molecule has 4 fully saturated rings. The lowest BCUT2D eigenvalue weighted by Crippen LogP contribution is -2.69. The van der Waals surface area contributed by atoms with Gasteiger partial charge in [0.1, 0.15) is 0 Å². The second-order valence-corrected chi connectivity index (χ2v) is 8.05. The SMILES string of the molecule is CCN=C(NC1CCCC1C#N)NC1C2CCOC2C12CCCC2. The van der Waals surface area contributed by atoms with Gasteiger partial charge in [-0.15, -0.1) is 0 Å². The molecular weight excluding hydrogens is 300 g/mol. The summed E-state index contributed by atoms with van der Waals surface area (Å²) in [5.41, 5.74) is 0.335. The van der Waals surface area contributed by atoms with Gasteiger partial charge in [0.25, 0.3) is 0 Å². The highest BCUT2D eigenvalue weighted by molar-refractivity contribution is 5.81. The Morgan fingerprint density at radius 3 is 2.79 bits per heavy atom. The normalized spacial score (nSPS) is 40.2. The number of aliphatic imine (C=N–C) groups is 1. The molecule has 4 rings (SSSR count). The predicted molar refractivity (Wildman–Crippen MR) is 93.5 cm³/mol. The lowest BCUT2D eigenvalue weighted by Gasteiger charge is -2.57. The van der Waals surface area contributed by atoms with Crippen LogP contribution in [0.15, 0.2) is 4.99 Å². The van der Waals surface area contributed by atoms with Crippen molar-refractivity contribution in [2.75, 3.05) is 13.2 Å². The standard InChI is InChI=1S/C19H30N4O/c1-2-21-18(22-15-7-5-6-13(15)12-20)23-16-14-8-11-24-17(14)19(16)9-3-4-10-19/h13-17H,2-11H2,1H3,(H2,21,22,23). The molecule has 0 radical (unpaired) electrons. The molecule has 2 N–H and O–H groups in total. The van der Waals surface area contributed by atoms with Crippen LogP contribution in [0.25, 0.3) is 0 Å². The first-order valence-electron chi connectivity index (χ1n) is 9.87. The molecule has 5 unspecified atom stereocenters. The van der Waals surface area contributed by atoms with Crippen molar-refractivity contribution in [3.05, 3.63) is 0 Å². The van der Waals surface area contributed by atoms with E-state index in [1.165, 1.54) is 32.1 Å². The minimum Gasteiger partial charge on any atom is -0.377 e. The maximum atomic E-state index is 9.34. The lowest BCUT2D eigenvalue weighted by molar-refractivity contribution is -0.125. The molecule has 3 saturated carbocycles. The number of nitrogens with one attached hydrogen (secondary N) is 2. The minimum absolute atomic E-state index is 0.123. The summed E-state index contributed by atoms with van der Waals surface area (Å²) in [4.78, 5) is 4.69. The summed E-state index contributed by atoms with van der Waals surface area (Å²) in [6, 6.07) is 3.21. The molecule has 1 heterocycles. The Balaban J connectivity index is 1.47. The van der Waals surface area contributed by atoms with Crippen molar-refractivity contribution in [1.82, 2.24) is 10.6 Å². The summed E-state index contributed by atoms with van der Waals surface area (Å²) >= 11 is 0. The third-order valence-corrected chi connectivity index (χ3v) is 6.90. The van der Waals surface area contributed by atoms with E-state index in [0.29, 0.717) is 23.5 Å². The van der Waals surface area contributed by atoms with Crippen LogP contribution in [-0.2, 0) is 4.74 Å². The van der Waals surface area contributed by atoms with Gasteiger partial charge in [0.15, 0.2) is 5.96 Å². The molecule has 5 atom stereocenters. The second-order valence-electron chi connectivity index (χ2n) is 8.05.